The van der Waals surface area contributed by atoms with Crippen molar-refractivity contribution in [2.75, 3.05) is 0 Å². The molecule has 0 fully saturated rings. The summed E-state index contributed by atoms with van der Waals surface area (Å²) >= 11 is 0. The van der Waals surface area contributed by atoms with Crippen LogP contribution in [0.5, 0.6) is 0 Å². The molecule has 0 bridgehead atoms. The van der Waals surface area contributed by atoms with E-state index in [-0.39, 0.29) is 23.6 Å². The van der Waals surface area contributed by atoms with E-state index in [1.807, 2.05) is 27.0 Å². The van der Waals surface area contributed by atoms with Gasteiger partial charge in [-0.05, 0) is 38.5 Å². The third-order valence-corrected chi connectivity index (χ3v) is 6.02. The number of carbonyl (C=O) groups is 1. The van der Waals surface area contributed by atoms with Crippen molar-refractivity contribution >= 4 is 11.4 Å². The molecule has 190 valence electrons. The fraction of sp³-hybridized carbons (Fsp3) is 0.269. The fourth-order valence-corrected chi connectivity index (χ4v) is 4.02. The van der Waals surface area contributed by atoms with Gasteiger partial charge < -0.3 is 5.32 Å². The van der Waals surface area contributed by atoms with E-state index in [1.165, 1.54) is 12.3 Å². The molecule has 11 heteroatoms. The second-order valence-corrected chi connectivity index (χ2v) is 9.78. The summed E-state index contributed by atoms with van der Waals surface area (Å²) in [4.78, 5) is 17.4. The summed E-state index contributed by atoms with van der Waals surface area (Å²) in [5.41, 5.74) is 3.36. The zero-order chi connectivity index (χ0) is 26.3. The summed E-state index contributed by atoms with van der Waals surface area (Å²) < 4.78 is 33.3. The van der Waals surface area contributed by atoms with Crippen LogP contribution in [0.3, 0.4) is 0 Å². The smallest absolute Gasteiger partial charge is 0.264 e. The summed E-state index contributed by atoms with van der Waals surface area (Å²) in [5, 5.41) is 15.5. The third-order valence-electron chi connectivity index (χ3n) is 6.02. The van der Waals surface area contributed by atoms with E-state index in [9.17, 15) is 13.6 Å². The minimum Gasteiger partial charge on any atom is -0.348 e. The molecular weight excluding hydrogens is 478 g/mol. The molecule has 0 radical (unpaired) electrons. The number of hydrogen-bond acceptors (Lipinski definition) is 5. The Hall–Kier alpha value is -4.41. The van der Waals surface area contributed by atoms with Gasteiger partial charge in [-0.15, -0.1) is 0 Å². The first kappa shape index (κ1) is 24.3. The Labute approximate surface area is 211 Å². The maximum atomic E-state index is 14.1. The molecule has 1 aromatic carbocycles. The van der Waals surface area contributed by atoms with Crippen molar-refractivity contribution in [2.45, 2.75) is 39.3 Å². The summed E-state index contributed by atoms with van der Waals surface area (Å²) in [6.07, 6.45) is 7.28. The predicted molar refractivity (Wildman–Crippen MR) is 134 cm³/mol. The minimum atomic E-state index is -2.74. The molecule has 1 amide bonds. The van der Waals surface area contributed by atoms with Crippen molar-refractivity contribution in [2.24, 2.45) is 7.05 Å². The van der Waals surface area contributed by atoms with Gasteiger partial charge in [0, 0.05) is 42.7 Å². The maximum absolute atomic E-state index is 14.1. The number of rotatable bonds is 6. The number of nitrogens with one attached hydrogen (secondary N) is 1. The first-order valence-electron chi connectivity index (χ1n) is 11.7. The van der Waals surface area contributed by atoms with E-state index in [0.29, 0.717) is 33.6 Å². The fourth-order valence-electron chi connectivity index (χ4n) is 4.02. The molecule has 5 aromatic rings. The lowest BCUT2D eigenvalue weighted by atomic mass is 10.0. The Bertz CT molecular complexity index is 1590. The maximum Gasteiger partial charge on any atom is 0.264 e. The Morgan fingerprint density at radius 2 is 1.84 bits per heavy atom. The van der Waals surface area contributed by atoms with E-state index in [4.69, 9.17) is 4.98 Å². The van der Waals surface area contributed by atoms with Gasteiger partial charge in [0.1, 0.15) is 0 Å². The molecule has 0 saturated carbocycles. The Kier molecular flexibility index (Phi) is 6.06. The van der Waals surface area contributed by atoms with Crippen LogP contribution in [0.4, 0.5) is 8.78 Å². The van der Waals surface area contributed by atoms with Crippen LogP contribution >= 0.6 is 0 Å². The Balaban J connectivity index is 1.45. The van der Waals surface area contributed by atoms with Gasteiger partial charge in [-0.1, -0.05) is 12.1 Å². The molecule has 37 heavy (non-hydrogen) atoms. The molecule has 0 spiro atoms. The summed E-state index contributed by atoms with van der Waals surface area (Å²) in [7, 11) is 1.81. The van der Waals surface area contributed by atoms with Gasteiger partial charge in [0.2, 0.25) is 0 Å². The van der Waals surface area contributed by atoms with Crippen molar-refractivity contribution in [3.05, 3.63) is 78.1 Å². The minimum absolute atomic E-state index is 0.0509. The van der Waals surface area contributed by atoms with Crippen molar-refractivity contribution < 1.29 is 13.6 Å². The summed E-state index contributed by atoms with van der Waals surface area (Å²) in [6.45, 7) is 5.86. The lowest BCUT2D eigenvalue weighted by Crippen LogP contribution is -2.24. The van der Waals surface area contributed by atoms with Gasteiger partial charge in [0.25, 0.3) is 12.3 Å². The van der Waals surface area contributed by atoms with Crippen molar-refractivity contribution in [1.82, 2.24) is 39.5 Å². The molecule has 0 saturated heterocycles. The number of carbonyl (C=O) groups excluding carboxylic acids is 1. The molecular formula is C26H26F2N8O. The normalized spacial score (nSPS) is 12.0. The molecule has 1 N–H and O–H groups in total. The average molecular weight is 505 g/mol. The number of aromatic nitrogens is 7. The second-order valence-electron chi connectivity index (χ2n) is 9.78. The van der Waals surface area contributed by atoms with E-state index in [1.54, 1.807) is 63.9 Å². The van der Waals surface area contributed by atoms with Crippen LogP contribution in [-0.2, 0) is 19.1 Å². The Morgan fingerprint density at radius 1 is 1.03 bits per heavy atom. The van der Waals surface area contributed by atoms with Gasteiger partial charge in [-0.2, -0.15) is 15.3 Å². The first-order chi connectivity index (χ1) is 17.6. The zero-order valence-electron chi connectivity index (χ0n) is 20.9. The topological polar surface area (TPSA) is 94.9 Å². The molecule has 4 aromatic heterocycles. The Morgan fingerprint density at radius 3 is 2.51 bits per heavy atom. The van der Waals surface area contributed by atoms with Gasteiger partial charge >= 0.3 is 0 Å². The predicted octanol–water partition coefficient (Wildman–Crippen LogP) is 4.62. The number of benzene rings is 1. The summed E-state index contributed by atoms with van der Waals surface area (Å²) in [5.74, 6) is -0.383. The zero-order valence-corrected chi connectivity index (χ0v) is 20.9. The highest BCUT2D eigenvalue weighted by atomic mass is 19.3. The molecule has 5 rings (SSSR count). The number of amides is 1. The third kappa shape index (κ3) is 4.84. The van der Waals surface area contributed by atoms with E-state index in [2.05, 4.69) is 20.6 Å². The molecule has 4 heterocycles. The number of halogens is 2. The standard InChI is InChI=1S/C26H26F2N8O/c1-26(2,3)36-14-19(12-32-36)25(37)29-10-17-6-5-16(9-20(17)24(27)28)23-22-7-8-30-35(22)15-21(33-23)18-11-31-34(4)13-18/h5-9,11-15,24H,10H2,1-4H3,(H,29,37). The molecule has 9 nitrogen and oxygen atoms in total. The quantitative estimate of drug-likeness (QED) is 0.364. The monoisotopic (exact) mass is 504 g/mol. The van der Waals surface area contributed by atoms with Crippen LogP contribution < -0.4 is 5.32 Å². The lowest BCUT2D eigenvalue weighted by Gasteiger charge is -2.18. The molecule has 0 unspecified atom stereocenters. The lowest BCUT2D eigenvalue weighted by molar-refractivity contribution is 0.0949. The highest BCUT2D eigenvalue weighted by molar-refractivity contribution is 5.93. The van der Waals surface area contributed by atoms with Crippen LogP contribution in [0.2, 0.25) is 0 Å². The van der Waals surface area contributed by atoms with Crippen LogP contribution in [0.15, 0.2) is 61.4 Å². The number of nitrogens with zero attached hydrogens (tertiary/aromatic N) is 7. The van der Waals surface area contributed by atoms with Crippen molar-refractivity contribution in [3.63, 3.8) is 0 Å². The van der Waals surface area contributed by atoms with Crippen LogP contribution in [0, 0.1) is 0 Å². The van der Waals surface area contributed by atoms with E-state index >= 15 is 0 Å². The molecule has 0 aliphatic carbocycles. The number of aryl methyl sites for hydroxylation is 1. The largest absolute Gasteiger partial charge is 0.348 e. The van der Waals surface area contributed by atoms with Gasteiger partial charge in [-0.3, -0.25) is 14.2 Å². The molecule has 0 atom stereocenters. The van der Waals surface area contributed by atoms with Crippen LogP contribution in [0.25, 0.3) is 28.0 Å². The van der Waals surface area contributed by atoms with Gasteiger partial charge in [-0.25, -0.2) is 18.3 Å². The molecule has 0 aliphatic rings. The SMILES string of the molecule is Cn1cc(-c2cn3nccc3c(-c3ccc(CNC(=O)c4cnn(C(C)(C)C)c4)c(C(F)F)c3)n2)cn1. The number of hydrogen-bond donors (Lipinski definition) is 1. The first-order valence-corrected chi connectivity index (χ1v) is 11.7. The molecule has 0 aliphatic heterocycles. The van der Waals surface area contributed by atoms with E-state index < -0.39 is 6.43 Å². The average Bonchev–Trinajstić information content (AvgIpc) is 3.61. The highest BCUT2D eigenvalue weighted by Gasteiger charge is 2.20. The van der Waals surface area contributed by atoms with E-state index in [0.717, 1.165) is 5.56 Å². The van der Waals surface area contributed by atoms with Crippen molar-refractivity contribution in [3.8, 4) is 22.5 Å². The van der Waals surface area contributed by atoms with Crippen molar-refractivity contribution in [1.29, 1.82) is 0 Å². The van der Waals surface area contributed by atoms with Gasteiger partial charge in [0.05, 0.1) is 52.8 Å². The van der Waals surface area contributed by atoms with Crippen LogP contribution in [0.1, 0.15) is 48.7 Å². The van der Waals surface area contributed by atoms with Crippen LogP contribution in [-0.4, -0.2) is 40.1 Å². The highest BCUT2D eigenvalue weighted by Crippen LogP contribution is 2.31. The summed E-state index contributed by atoms with van der Waals surface area (Å²) in [6, 6.07) is 6.53. The second kappa shape index (κ2) is 9.23. The number of fused-ring (bicyclic) bond motifs is 1. The van der Waals surface area contributed by atoms with Gasteiger partial charge in [0.15, 0.2) is 0 Å². The number of alkyl halides is 2.